The molecule has 3 fully saturated rings. The van der Waals surface area contributed by atoms with Crippen LogP contribution in [-0.2, 0) is 9.53 Å². The summed E-state index contributed by atoms with van der Waals surface area (Å²) in [6.07, 6.45) is 6.44. The van der Waals surface area contributed by atoms with Crippen molar-refractivity contribution in [2.75, 3.05) is 13.2 Å². The number of carbonyl (C=O) groups is 1. The zero-order valence-electron chi connectivity index (χ0n) is 12.2. The van der Waals surface area contributed by atoms with Gasteiger partial charge in [0.15, 0.2) is 0 Å². The van der Waals surface area contributed by atoms with Gasteiger partial charge in [-0.25, -0.2) is 0 Å². The minimum Gasteiger partial charge on any atom is -0.379 e. The molecule has 1 saturated carbocycles. The fourth-order valence-corrected chi connectivity index (χ4v) is 4.84. The van der Waals surface area contributed by atoms with Crippen LogP contribution < -0.4 is 5.32 Å². The topological polar surface area (TPSA) is 41.6 Å². The van der Waals surface area contributed by atoms with Crippen LogP contribution in [-0.4, -0.2) is 35.6 Å². The molecule has 2 saturated heterocycles. The van der Waals surface area contributed by atoms with E-state index < -0.39 is 0 Å². The molecule has 1 spiro atoms. The Labute approximate surface area is 129 Å². The highest BCUT2D eigenvalue weighted by molar-refractivity contribution is 7.10. The second kappa shape index (κ2) is 5.38. The number of ether oxygens (including phenoxy) is 1. The summed E-state index contributed by atoms with van der Waals surface area (Å²) < 4.78 is 5.64. The summed E-state index contributed by atoms with van der Waals surface area (Å²) >= 11 is 1.73. The lowest BCUT2D eigenvalue weighted by Gasteiger charge is -2.34. The third-order valence-corrected chi connectivity index (χ3v) is 6.06. The van der Waals surface area contributed by atoms with E-state index in [4.69, 9.17) is 4.74 Å². The lowest BCUT2D eigenvalue weighted by atomic mass is 9.97. The van der Waals surface area contributed by atoms with Crippen molar-refractivity contribution < 1.29 is 9.53 Å². The third-order valence-electron chi connectivity index (χ3n) is 5.13. The van der Waals surface area contributed by atoms with E-state index in [0.29, 0.717) is 12.5 Å². The molecule has 1 aromatic heterocycles. The van der Waals surface area contributed by atoms with Crippen molar-refractivity contribution in [1.82, 2.24) is 10.2 Å². The SMILES string of the molecule is O=C1N(C2CCCOC2)C(c2cccs2)NC12CCCC2. The zero-order chi connectivity index (χ0) is 14.3. The fraction of sp³-hybridized carbons (Fsp3) is 0.688. The van der Waals surface area contributed by atoms with Gasteiger partial charge in [0.2, 0.25) is 5.91 Å². The molecule has 4 rings (SSSR count). The highest BCUT2D eigenvalue weighted by Gasteiger charge is 2.54. The van der Waals surface area contributed by atoms with E-state index in [1.54, 1.807) is 11.3 Å². The van der Waals surface area contributed by atoms with E-state index in [9.17, 15) is 4.79 Å². The molecule has 3 heterocycles. The van der Waals surface area contributed by atoms with Crippen LogP contribution in [0.2, 0.25) is 0 Å². The minimum atomic E-state index is -0.300. The number of nitrogens with one attached hydrogen (secondary N) is 1. The van der Waals surface area contributed by atoms with E-state index in [1.165, 1.54) is 4.88 Å². The first-order valence-corrected chi connectivity index (χ1v) is 8.90. The Morgan fingerprint density at radius 2 is 2.19 bits per heavy atom. The summed E-state index contributed by atoms with van der Waals surface area (Å²) in [4.78, 5) is 16.5. The molecular weight excluding hydrogens is 284 g/mol. The van der Waals surface area contributed by atoms with Crippen molar-refractivity contribution >= 4 is 17.2 Å². The van der Waals surface area contributed by atoms with Crippen LogP contribution in [0.1, 0.15) is 49.6 Å². The number of hydrogen-bond donors (Lipinski definition) is 1. The van der Waals surface area contributed by atoms with Gasteiger partial charge >= 0.3 is 0 Å². The minimum absolute atomic E-state index is 0.0438. The molecule has 21 heavy (non-hydrogen) atoms. The van der Waals surface area contributed by atoms with Crippen molar-refractivity contribution in [3.8, 4) is 0 Å². The first-order valence-electron chi connectivity index (χ1n) is 8.02. The van der Waals surface area contributed by atoms with Crippen LogP contribution in [0.25, 0.3) is 0 Å². The second-order valence-corrected chi connectivity index (χ2v) is 7.41. The van der Waals surface area contributed by atoms with Crippen molar-refractivity contribution in [2.45, 2.75) is 56.3 Å². The van der Waals surface area contributed by atoms with Crippen LogP contribution in [0.15, 0.2) is 17.5 Å². The van der Waals surface area contributed by atoms with Crippen molar-refractivity contribution in [2.24, 2.45) is 0 Å². The summed E-state index contributed by atoms with van der Waals surface area (Å²) in [5.74, 6) is 0.314. The normalized spacial score (nSPS) is 32.2. The van der Waals surface area contributed by atoms with E-state index in [1.807, 2.05) is 0 Å². The molecule has 4 nitrogen and oxygen atoms in total. The lowest BCUT2D eigenvalue weighted by Crippen LogP contribution is -2.47. The number of rotatable bonds is 2. The summed E-state index contributed by atoms with van der Waals surface area (Å²) in [5.41, 5.74) is -0.300. The van der Waals surface area contributed by atoms with E-state index in [2.05, 4.69) is 27.7 Å². The maximum atomic E-state index is 13.1. The van der Waals surface area contributed by atoms with Gasteiger partial charge in [-0.2, -0.15) is 0 Å². The molecule has 1 N–H and O–H groups in total. The smallest absolute Gasteiger partial charge is 0.244 e. The molecule has 2 unspecified atom stereocenters. The summed E-state index contributed by atoms with van der Waals surface area (Å²) in [5, 5.41) is 5.79. The van der Waals surface area contributed by atoms with Crippen molar-refractivity contribution in [1.29, 1.82) is 0 Å². The van der Waals surface area contributed by atoms with Gasteiger partial charge in [0, 0.05) is 11.5 Å². The van der Waals surface area contributed by atoms with Crippen LogP contribution in [0.5, 0.6) is 0 Å². The molecule has 2 aliphatic heterocycles. The summed E-state index contributed by atoms with van der Waals surface area (Å²) in [6, 6.07) is 4.44. The van der Waals surface area contributed by atoms with Gasteiger partial charge in [0.25, 0.3) is 0 Å². The maximum Gasteiger partial charge on any atom is 0.244 e. The van der Waals surface area contributed by atoms with Gasteiger partial charge in [-0.05, 0) is 37.1 Å². The number of thiophene rings is 1. The Morgan fingerprint density at radius 1 is 1.33 bits per heavy atom. The number of hydrogen-bond acceptors (Lipinski definition) is 4. The first-order chi connectivity index (χ1) is 10.3. The molecule has 2 atom stereocenters. The summed E-state index contributed by atoms with van der Waals surface area (Å²) in [6.45, 7) is 1.52. The molecule has 0 bridgehead atoms. The molecule has 114 valence electrons. The van der Waals surface area contributed by atoms with Crippen molar-refractivity contribution in [3.05, 3.63) is 22.4 Å². The zero-order valence-corrected chi connectivity index (χ0v) is 13.0. The molecule has 0 radical (unpaired) electrons. The molecule has 3 aliphatic rings. The molecule has 5 heteroatoms. The molecular formula is C16H22N2O2S. The molecule has 1 amide bonds. The monoisotopic (exact) mass is 306 g/mol. The van der Waals surface area contributed by atoms with Crippen molar-refractivity contribution in [3.63, 3.8) is 0 Å². The Morgan fingerprint density at radius 3 is 2.86 bits per heavy atom. The largest absolute Gasteiger partial charge is 0.379 e. The Balaban J connectivity index is 1.67. The lowest BCUT2D eigenvalue weighted by molar-refractivity contribution is -0.138. The van der Waals surface area contributed by atoms with E-state index in [-0.39, 0.29) is 17.7 Å². The van der Waals surface area contributed by atoms with E-state index >= 15 is 0 Å². The average molecular weight is 306 g/mol. The summed E-state index contributed by atoms with van der Waals surface area (Å²) in [7, 11) is 0. The first kappa shape index (κ1) is 13.7. The molecule has 1 aromatic rings. The van der Waals surface area contributed by atoms with E-state index in [0.717, 1.165) is 45.1 Å². The number of amides is 1. The number of carbonyl (C=O) groups excluding carboxylic acids is 1. The highest BCUT2D eigenvalue weighted by atomic mass is 32.1. The Bertz CT molecular complexity index is 504. The van der Waals surface area contributed by atoms with Gasteiger partial charge in [-0.1, -0.05) is 18.9 Å². The second-order valence-electron chi connectivity index (χ2n) is 6.43. The maximum absolute atomic E-state index is 13.1. The Kier molecular flexibility index (Phi) is 3.52. The van der Waals surface area contributed by atoms with Gasteiger partial charge in [0.1, 0.15) is 6.17 Å². The standard InChI is InChI=1S/C16H22N2O2S/c19-15-16(7-1-2-8-16)17-14(13-6-4-10-21-13)18(15)12-5-3-9-20-11-12/h4,6,10,12,14,17H,1-3,5,7-9,11H2. The highest BCUT2D eigenvalue weighted by Crippen LogP contribution is 2.43. The quantitative estimate of drug-likeness (QED) is 0.913. The van der Waals surface area contributed by atoms with Gasteiger partial charge in [-0.15, -0.1) is 11.3 Å². The fourth-order valence-electron chi connectivity index (χ4n) is 4.07. The van der Waals surface area contributed by atoms with Crippen LogP contribution in [0.4, 0.5) is 0 Å². The van der Waals surface area contributed by atoms with Gasteiger partial charge in [0.05, 0.1) is 18.2 Å². The van der Waals surface area contributed by atoms with Crippen LogP contribution in [0.3, 0.4) is 0 Å². The third kappa shape index (κ3) is 2.22. The van der Waals surface area contributed by atoms with Gasteiger partial charge < -0.3 is 9.64 Å². The molecule has 1 aliphatic carbocycles. The van der Waals surface area contributed by atoms with Gasteiger partial charge in [-0.3, -0.25) is 10.1 Å². The predicted octanol–water partition coefficient (Wildman–Crippen LogP) is 2.67. The molecule has 0 aromatic carbocycles. The Hall–Kier alpha value is -0.910. The van der Waals surface area contributed by atoms with Crippen LogP contribution in [0, 0.1) is 0 Å². The average Bonchev–Trinajstić information content (AvgIpc) is 3.24. The predicted molar refractivity (Wildman–Crippen MR) is 82.1 cm³/mol. The van der Waals surface area contributed by atoms with Crippen LogP contribution >= 0.6 is 11.3 Å². The number of nitrogens with zero attached hydrogens (tertiary/aromatic N) is 1.